The number of nitrogens with zero attached hydrogens (tertiary/aromatic N) is 1. The lowest BCUT2D eigenvalue weighted by atomic mass is 9.60. The maximum Gasteiger partial charge on any atom is 0.0661 e. The summed E-state index contributed by atoms with van der Waals surface area (Å²) in [6.45, 7) is 9.03. The fourth-order valence-corrected chi connectivity index (χ4v) is 4.99. The van der Waals surface area contributed by atoms with Crippen molar-refractivity contribution >= 4 is 0 Å². The third-order valence-corrected chi connectivity index (χ3v) is 6.19. The van der Waals surface area contributed by atoms with E-state index in [9.17, 15) is 0 Å². The maximum absolute atomic E-state index is 6.01. The molecule has 116 valence electrons. The Kier molecular flexibility index (Phi) is 4.68. The molecule has 3 heteroatoms. The van der Waals surface area contributed by atoms with Crippen LogP contribution < -0.4 is 5.32 Å². The number of hydrogen-bond donors (Lipinski definition) is 1. The molecule has 1 aliphatic heterocycles. The van der Waals surface area contributed by atoms with Gasteiger partial charge in [-0.1, -0.05) is 19.8 Å². The van der Waals surface area contributed by atoms with Crippen molar-refractivity contribution in [1.29, 1.82) is 0 Å². The Hall–Kier alpha value is -0.120. The second-order valence-corrected chi connectivity index (χ2v) is 7.01. The molecule has 2 saturated carbocycles. The van der Waals surface area contributed by atoms with Gasteiger partial charge >= 0.3 is 0 Å². The van der Waals surface area contributed by atoms with Crippen LogP contribution >= 0.6 is 0 Å². The van der Waals surface area contributed by atoms with Crippen molar-refractivity contribution in [3.63, 3.8) is 0 Å². The molecule has 1 N–H and O–H groups in total. The van der Waals surface area contributed by atoms with E-state index in [2.05, 4.69) is 24.1 Å². The second kappa shape index (κ2) is 6.33. The Bertz CT molecular complexity index is 314. The Balaban J connectivity index is 1.53. The average Bonchev–Trinajstić information content (AvgIpc) is 3.11. The first-order valence-corrected chi connectivity index (χ1v) is 8.89. The van der Waals surface area contributed by atoms with E-state index >= 15 is 0 Å². The maximum atomic E-state index is 6.01. The molecule has 0 aromatic heterocycles. The Morgan fingerprint density at radius 1 is 1.20 bits per heavy atom. The summed E-state index contributed by atoms with van der Waals surface area (Å²) < 4.78 is 6.01. The van der Waals surface area contributed by atoms with Crippen LogP contribution in [0.5, 0.6) is 0 Å². The molecule has 1 spiro atoms. The first kappa shape index (κ1) is 14.8. The molecule has 0 aromatic carbocycles. The minimum atomic E-state index is 0.492. The lowest BCUT2D eigenvalue weighted by Crippen LogP contribution is -2.63. The van der Waals surface area contributed by atoms with Gasteiger partial charge in [-0.25, -0.2) is 0 Å². The molecule has 0 aromatic rings. The predicted molar refractivity (Wildman–Crippen MR) is 83.0 cm³/mol. The summed E-state index contributed by atoms with van der Waals surface area (Å²) in [5.41, 5.74) is 0.492. The minimum absolute atomic E-state index is 0.492. The second-order valence-electron chi connectivity index (χ2n) is 7.01. The van der Waals surface area contributed by atoms with Crippen LogP contribution in [0, 0.1) is 5.41 Å². The van der Waals surface area contributed by atoms with Gasteiger partial charge in [-0.05, 0) is 52.1 Å². The zero-order valence-corrected chi connectivity index (χ0v) is 13.4. The van der Waals surface area contributed by atoms with Crippen LogP contribution in [-0.2, 0) is 4.74 Å². The summed E-state index contributed by atoms with van der Waals surface area (Å²) in [6, 6.07) is 1.51. The van der Waals surface area contributed by atoms with E-state index in [1.165, 1.54) is 64.6 Å². The standard InChI is InChI=1S/C17H32N2O/c1-3-19-11-7-8-14(19)13-18-15-12-16(20-4-2)17(15)9-5-6-10-17/h14-16,18H,3-13H2,1-2H3. The predicted octanol–water partition coefficient (Wildman–Crippen LogP) is 2.80. The largest absolute Gasteiger partial charge is 0.378 e. The molecule has 20 heavy (non-hydrogen) atoms. The van der Waals surface area contributed by atoms with Gasteiger partial charge in [0.1, 0.15) is 0 Å². The summed E-state index contributed by atoms with van der Waals surface area (Å²) in [4.78, 5) is 2.65. The number of likely N-dealkylation sites (tertiary alicyclic amines) is 1. The van der Waals surface area contributed by atoms with Crippen molar-refractivity contribution in [2.75, 3.05) is 26.2 Å². The first-order valence-electron chi connectivity index (χ1n) is 8.89. The van der Waals surface area contributed by atoms with E-state index in [0.29, 0.717) is 11.5 Å². The number of rotatable bonds is 6. The molecule has 1 heterocycles. The number of likely N-dealkylation sites (N-methyl/N-ethyl adjacent to an activating group) is 1. The van der Waals surface area contributed by atoms with Crippen molar-refractivity contribution < 1.29 is 4.74 Å². The molecule has 3 nitrogen and oxygen atoms in total. The van der Waals surface area contributed by atoms with Crippen LogP contribution in [0.4, 0.5) is 0 Å². The molecular weight excluding hydrogens is 248 g/mol. The molecule has 1 saturated heterocycles. The van der Waals surface area contributed by atoms with Gasteiger partial charge in [-0.3, -0.25) is 4.90 Å². The zero-order chi connectivity index (χ0) is 14.0. The highest BCUT2D eigenvalue weighted by molar-refractivity contribution is 5.10. The van der Waals surface area contributed by atoms with Crippen LogP contribution in [0.25, 0.3) is 0 Å². The SMILES string of the molecule is CCOC1CC(NCC2CCCN2CC)C12CCCC2. The van der Waals surface area contributed by atoms with Crippen LogP contribution in [0.15, 0.2) is 0 Å². The van der Waals surface area contributed by atoms with Crippen molar-refractivity contribution in [3.05, 3.63) is 0 Å². The van der Waals surface area contributed by atoms with Crippen molar-refractivity contribution in [2.45, 2.75) is 77.0 Å². The van der Waals surface area contributed by atoms with E-state index in [1.807, 2.05) is 0 Å². The molecule has 3 atom stereocenters. The zero-order valence-electron chi connectivity index (χ0n) is 13.4. The smallest absolute Gasteiger partial charge is 0.0661 e. The molecular formula is C17H32N2O. The topological polar surface area (TPSA) is 24.5 Å². The third kappa shape index (κ3) is 2.53. The van der Waals surface area contributed by atoms with Crippen LogP contribution in [-0.4, -0.2) is 49.3 Å². The van der Waals surface area contributed by atoms with Crippen LogP contribution in [0.3, 0.4) is 0 Å². The lowest BCUT2D eigenvalue weighted by Gasteiger charge is -2.54. The van der Waals surface area contributed by atoms with E-state index < -0.39 is 0 Å². The van der Waals surface area contributed by atoms with E-state index in [1.54, 1.807) is 0 Å². The average molecular weight is 280 g/mol. The normalized spacial score (nSPS) is 36.6. The molecule has 3 unspecified atom stereocenters. The van der Waals surface area contributed by atoms with Crippen molar-refractivity contribution in [3.8, 4) is 0 Å². The van der Waals surface area contributed by atoms with Crippen molar-refractivity contribution in [1.82, 2.24) is 10.2 Å². The molecule has 3 rings (SSSR count). The third-order valence-electron chi connectivity index (χ3n) is 6.19. The molecule has 3 aliphatic rings. The lowest BCUT2D eigenvalue weighted by molar-refractivity contribution is -0.130. The summed E-state index contributed by atoms with van der Waals surface area (Å²) >= 11 is 0. The Labute approximate surface area is 124 Å². The van der Waals surface area contributed by atoms with E-state index in [-0.39, 0.29) is 0 Å². The first-order chi connectivity index (χ1) is 9.80. The van der Waals surface area contributed by atoms with Gasteiger partial charge in [0.2, 0.25) is 0 Å². The number of ether oxygens (including phenoxy) is 1. The van der Waals surface area contributed by atoms with Crippen molar-refractivity contribution in [2.24, 2.45) is 5.41 Å². The summed E-state index contributed by atoms with van der Waals surface area (Å²) in [6.07, 6.45) is 10.1. The van der Waals surface area contributed by atoms with E-state index in [0.717, 1.165) is 18.7 Å². The van der Waals surface area contributed by atoms with Gasteiger partial charge in [-0.2, -0.15) is 0 Å². The number of hydrogen-bond acceptors (Lipinski definition) is 3. The molecule has 0 radical (unpaired) electrons. The van der Waals surface area contributed by atoms with Crippen LogP contribution in [0.2, 0.25) is 0 Å². The summed E-state index contributed by atoms with van der Waals surface area (Å²) in [7, 11) is 0. The van der Waals surface area contributed by atoms with Crippen LogP contribution in [0.1, 0.15) is 58.8 Å². The van der Waals surface area contributed by atoms with Gasteiger partial charge in [0.05, 0.1) is 6.10 Å². The Morgan fingerprint density at radius 2 is 2.00 bits per heavy atom. The molecule has 0 amide bonds. The highest BCUT2D eigenvalue weighted by Crippen LogP contribution is 2.54. The molecule has 3 fully saturated rings. The highest BCUT2D eigenvalue weighted by atomic mass is 16.5. The molecule has 0 bridgehead atoms. The van der Waals surface area contributed by atoms with E-state index in [4.69, 9.17) is 4.74 Å². The van der Waals surface area contributed by atoms with Gasteiger partial charge in [0.15, 0.2) is 0 Å². The van der Waals surface area contributed by atoms with Gasteiger partial charge < -0.3 is 10.1 Å². The fraction of sp³-hybridized carbons (Fsp3) is 1.00. The minimum Gasteiger partial charge on any atom is -0.378 e. The fourth-order valence-electron chi connectivity index (χ4n) is 4.99. The quantitative estimate of drug-likeness (QED) is 0.810. The monoisotopic (exact) mass is 280 g/mol. The van der Waals surface area contributed by atoms with Gasteiger partial charge in [0, 0.05) is 30.7 Å². The highest BCUT2D eigenvalue weighted by Gasteiger charge is 2.56. The summed E-state index contributed by atoms with van der Waals surface area (Å²) in [5, 5.41) is 3.92. The van der Waals surface area contributed by atoms with Gasteiger partial charge in [0.25, 0.3) is 0 Å². The Morgan fingerprint density at radius 3 is 2.70 bits per heavy atom. The molecule has 2 aliphatic carbocycles. The van der Waals surface area contributed by atoms with Gasteiger partial charge in [-0.15, -0.1) is 0 Å². The summed E-state index contributed by atoms with van der Waals surface area (Å²) in [5.74, 6) is 0. The number of nitrogens with one attached hydrogen (secondary N) is 1.